The number of imide groups is 1. The minimum Gasteiger partial charge on any atom is -0.425 e. The van der Waals surface area contributed by atoms with E-state index in [0.717, 1.165) is 39.8 Å². The molecule has 2 amide bonds. The van der Waals surface area contributed by atoms with Gasteiger partial charge in [-0.1, -0.05) is 77.9 Å². The van der Waals surface area contributed by atoms with E-state index in [9.17, 15) is 18.8 Å². The van der Waals surface area contributed by atoms with Crippen LogP contribution in [0.3, 0.4) is 0 Å². The van der Waals surface area contributed by atoms with Crippen molar-refractivity contribution in [2.75, 3.05) is 6.54 Å². The number of fused-ring (bicyclic) bond motifs is 2. The summed E-state index contributed by atoms with van der Waals surface area (Å²) in [7, 11) is 0. The number of nitrogens with zero attached hydrogens (tertiary/aromatic N) is 5. The Hall–Kier alpha value is -7.01. The summed E-state index contributed by atoms with van der Waals surface area (Å²) in [6.07, 6.45) is 5.18. The molecule has 0 N–H and O–H groups in total. The molecule has 1 aliphatic rings. The van der Waals surface area contributed by atoms with E-state index in [4.69, 9.17) is 16.3 Å². The second kappa shape index (κ2) is 23.8. The lowest BCUT2D eigenvalue weighted by Gasteiger charge is -2.12. The van der Waals surface area contributed by atoms with Gasteiger partial charge in [-0.3, -0.25) is 19.3 Å². The molecule has 63 heavy (non-hydrogen) atoms. The Bertz CT molecular complexity index is 2820. The Morgan fingerprint density at radius 1 is 0.746 bits per heavy atom. The van der Waals surface area contributed by atoms with Crippen molar-refractivity contribution in [2.45, 2.75) is 52.1 Å². The van der Waals surface area contributed by atoms with Gasteiger partial charge in [0.1, 0.15) is 29.5 Å². The molecule has 0 spiro atoms. The Morgan fingerprint density at radius 3 is 2.16 bits per heavy atom. The first-order chi connectivity index (χ1) is 30.8. The van der Waals surface area contributed by atoms with Crippen LogP contribution in [0.5, 0.6) is 5.75 Å². The molecule has 9 nitrogen and oxygen atoms in total. The number of alkyl halides is 1. The number of pyridine rings is 2. The Balaban J connectivity index is 0.000000158. The summed E-state index contributed by atoms with van der Waals surface area (Å²) in [6, 6.07) is 32.7. The number of hydrogen-bond acceptors (Lipinski definition) is 10. The summed E-state index contributed by atoms with van der Waals surface area (Å²) in [6.45, 7) is 1.77. The molecule has 0 saturated carbocycles. The SMILES string of the molecule is Cc1nc(C#CCCC(=O)Oc2ccccc2Cl)cs1.FCc1cccc(C#CCCc2nc3ccccc3s2)n1.O=C1c2ccccc2C(=O)N1CCCC#Cc1ccccn1. The number of thiazole rings is 2. The maximum atomic E-state index is 12.5. The molecule has 0 radical (unpaired) electrons. The third-order valence-corrected chi connectivity index (χ3v) is 10.9. The summed E-state index contributed by atoms with van der Waals surface area (Å²) in [5.74, 6) is 17.5. The molecule has 0 unspecified atom stereocenters. The normalized spacial score (nSPS) is 11.0. The number of amides is 2. The number of unbranched alkanes of at least 4 members (excludes halogenated alkanes) is 1. The highest BCUT2D eigenvalue weighted by molar-refractivity contribution is 7.18. The topological polar surface area (TPSA) is 115 Å². The number of aryl methyl sites for hydroxylation is 2. The van der Waals surface area contributed by atoms with Crippen LogP contribution in [-0.4, -0.2) is 49.2 Å². The van der Waals surface area contributed by atoms with Gasteiger partial charge in [0.25, 0.3) is 11.8 Å². The van der Waals surface area contributed by atoms with Crippen molar-refractivity contribution in [3.05, 3.63) is 170 Å². The third kappa shape index (κ3) is 14.0. The number of ether oxygens (including phenoxy) is 1. The molecule has 13 heteroatoms. The lowest BCUT2D eigenvalue weighted by molar-refractivity contribution is -0.134. The molecule has 0 atom stereocenters. The first-order valence-corrected chi connectivity index (χ1v) is 21.9. The second-order valence-electron chi connectivity index (χ2n) is 13.4. The molecule has 4 aromatic heterocycles. The number of aromatic nitrogens is 4. The maximum Gasteiger partial charge on any atom is 0.312 e. The van der Waals surface area contributed by atoms with Crippen LogP contribution in [0.2, 0.25) is 5.02 Å². The fraction of sp³-hybridized carbons (Fsp3) is 0.180. The van der Waals surface area contributed by atoms with E-state index in [-0.39, 0.29) is 24.2 Å². The molecule has 1 aliphatic heterocycles. The summed E-state index contributed by atoms with van der Waals surface area (Å²) < 4.78 is 18.9. The van der Waals surface area contributed by atoms with Gasteiger partial charge in [0.15, 0.2) is 0 Å². The lowest BCUT2D eigenvalue weighted by atomic mass is 10.1. The molecular formula is C50H39ClFN5O4S2. The number of benzene rings is 3. The molecule has 7 aromatic rings. The summed E-state index contributed by atoms with van der Waals surface area (Å²) in [5.41, 5.74) is 4.54. The quantitative estimate of drug-likeness (QED) is 0.0463. The zero-order valence-corrected chi connectivity index (χ0v) is 36.5. The van der Waals surface area contributed by atoms with Crippen molar-refractivity contribution in [3.63, 3.8) is 0 Å². The number of carbonyl (C=O) groups is 3. The number of esters is 1. The summed E-state index contributed by atoms with van der Waals surface area (Å²) >= 11 is 9.16. The molecule has 3 aromatic carbocycles. The molecule has 8 rings (SSSR count). The van der Waals surface area contributed by atoms with Crippen LogP contribution in [0.1, 0.15) is 85.6 Å². The van der Waals surface area contributed by atoms with Gasteiger partial charge < -0.3 is 4.74 Å². The monoisotopic (exact) mass is 891 g/mol. The van der Waals surface area contributed by atoms with Gasteiger partial charge in [-0.2, -0.15) is 0 Å². The average Bonchev–Trinajstić information content (AvgIpc) is 4.00. The van der Waals surface area contributed by atoms with Crippen LogP contribution < -0.4 is 4.74 Å². The van der Waals surface area contributed by atoms with Crippen molar-refractivity contribution in [2.24, 2.45) is 0 Å². The summed E-state index contributed by atoms with van der Waals surface area (Å²) in [4.78, 5) is 54.2. The van der Waals surface area contributed by atoms with Crippen LogP contribution >= 0.6 is 34.3 Å². The zero-order valence-electron chi connectivity index (χ0n) is 34.1. The van der Waals surface area contributed by atoms with Crippen molar-refractivity contribution in [1.29, 1.82) is 0 Å². The number of carbonyl (C=O) groups excluding carboxylic acids is 3. The highest BCUT2D eigenvalue weighted by Crippen LogP contribution is 2.25. The van der Waals surface area contributed by atoms with E-state index in [0.29, 0.717) is 59.1 Å². The molecule has 0 saturated heterocycles. The minimum atomic E-state index is -0.554. The zero-order chi connectivity index (χ0) is 44.2. The van der Waals surface area contributed by atoms with Gasteiger partial charge in [-0.25, -0.2) is 24.3 Å². The molecule has 314 valence electrons. The third-order valence-electron chi connectivity index (χ3n) is 8.76. The van der Waals surface area contributed by atoms with Crippen molar-refractivity contribution in [3.8, 4) is 41.3 Å². The fourth-order valence-electron chi connectivity index (χ4n) is 5.77. The number of halogens is 2. The number of rotatable bonds is 9. The van der Waals surface area contributed by atoms with Crippen LogP contribution in [0.15, 0.2) is 121 Å². The van der Waals surface area contributed by atoms with E-state index >= 15 is 0 Å². The van der Waals surface area contributed by atoms with E-state index in [1.54, 1.807) is 95.6 Å². The van der Waals surface area contributed by atoms with E-state index in [1.165, 1.54) is 9.60 Å². The van der Waals surface area contributed by atoms with Gasteiger partial charge in [0.2, 0.25) is 0 Å². The average molecular weight is 892 g/mol. The number of hydrogen-bond donors (Lipinski definition) is 0. The lowest BCUT2D eigenvalue weighted by Crippen LogP contribution is -2.30. The predicted molar refractivity (Wildman–Crippen MR) is 246 cm³/mol. The summed E-state index contributed by atoms with van der Waals surface area (Å²) in [5, 5.41) is 4.39. The highest BCUT2D eigenvalue weighted by Gasteiger charge is 2.34. The highest BCUT2D eigenvalue weighted by atomic mass is 35.5. The van der Waals surface area contributed by atoms with E-state index < -0.39 is 6.67 Å². The Kier molecular flexibility index (Phi) is 17.2. The largest absolute Gasteiger partial charge is 0.425 e. The molecule has 0 bridgehead atoms. The van der Waals surface area contributed by atoms with Gasteiger partial charge in [-0.15, -0.1) is 22.7 Å². The predicted octanol–water partition coefficient (Wildman–Crippen LogP) is 10.5. The van der Waals surface area contributed by atoms with Gasteiger partial charge in [0, 0.05) is 43.8 Å². The number of para-hydroxylation sites is 2. The fourth-order valence-corrected chi connectivity index (χ4v) is 7.46. The molecular weight excluding hydrogens is 853 g/mol. The maximum absolute atomic E-state index is 12.5. The standard InChI is InChI=1S/C18H14N2O2.C17H13FN2S.C15H12ClNO2S/c21-17-15-10-3-4-11-16(15)18(22)20(17)13-7-1-2-8-14-9-5-6-12-19-14;18-12-14-8-5-7-13(19-14)6-1-4-11-17-20-15-9-2-3-10-16(15)21-17;1-11-17-12(10-20-11)6-2-5-9-15(18)19-14-8-4-3-7-13(14)16/h3-6,9-12H,1,7,13H2;2-3,5,7-10H,4,11-12H2;3-4,7-8,10H,5,9H2,1H3. The van der Waals surface area contributed by atoms with Crippen LogP contribution in [0.4, 0.5) is 4.39 Å². The van der Waals surface area contributed by atoms with Crippen molar-refractivity contribution < 1.29 is 23.5 Å². The van der Waals surface area contributed by atoms with Crippen LogP contribution in [0, 0.1) is 42.4 Å². The van der Waals surface area contributed by atoms with Crippen LogP contribution in [0.25, 0.3) is 10.2 Å². The van der Waals surface area contributed by atoms with Crippen LogP contribution in [-0.2, 0) is 17.9 Å². The van der Waals surface area contributed by atoms with Crippen molar-refractivity contribution >= 4 is 62.3 Å². The van der Waals surface area contributed by atoms with Gasteiger partial charge in [0.05, 0.1) is 48.5 Å². The minimum absolute atomic E-state index is 0.210. The Morgan fingerprint density at radius 2 is 1.43 bits per heavy atom. The van der Waals surface area contributed by atoms with Gasteiger partial charge in [-0.05, 0) is 91.8 Å². The first-order valence-electron chi connectivity index (χ1n) is 19.8. The Labute approximate surface area is 378 Å². The smallest absolute Gasteiger partial charge is 0.312 e. The van der Waals surface area contributed by atoms with E-state index in [1.807, 2.05) is 48.7 Å². The molecule has 0 fully saturated rings. The van der Waals surface area contributed by atoms with Crippen molar-refractivity contribution in [1.82, 2.24) is 24.8 Å². The first kappa shape index (κ1) is 45.5. The molecule has 5 heterocycles. The van der Waals surface area contributed by atoms with Gasteiger partial charge >= 0.3 is 5.97 Å². The molecule has 0 aliphatic carbocycles. The second-order valence-corrected chi connectivity index (χ2v) is 16.0. The van der Waals surface area contributed by atoms with E-state index in [2.05, 4.69) is 61.5 Å².